The summed E-state index contributed by atoms with van der Waals surface area (Å²) in [7, 11) is 0. The summed E-state index contributed by atoms with van der Waals surface area (Å²) < 4.78 is 1.08. The molecule has 0 saturated carbocycles. The summed E-state index contributed by atoms with van der Waals surface area (Å²) in [6.07, 6.45) is 0. The molecule has 0 bridgehead atoms. The van der Waals surface area contributed by atoms with Crippen LogP contribution in [0.1, 0.15) is 30.5 Å². The number of rotatable bonds is 6. The van der Waals surface area contributed by atoms with Crippen molar-refractivity contribution in [2.75, 3.05) is 0 Å². The van der Waals surface area contributed by atoms with E-state index < -0.39 is 0 Å². The lowest BCUT2D eigenvalue weighted by molar-refractivity contribution is 0.179. The van der Waals surface area contributed by atoms with Gasteiger partial charge in [-0.25, -0.2) is 0 Å². The lowest BCUT2D eigenvalue weighted by Gasteiger charge is -2.31. The summed E-state index contributed by atoms with van der Waals surface area (Å²) in [5.41, 5.74) is 3.68. The Kier molecular flexibility index (Phi) is 7.48. The molecule has 0 saturated heterocycles. The minimum absolute atomic E-state index is 0.170. The standard InChI is InChI=1S/C26H26BrN/c1-21(2)26(18-15-22-13-16-25(27)17-14-22)28(19-23-9-5-3-6-10-23)20-24-11-7-4-8-12-24/h3-14,16-17,21,26H,19-20H2,1-2H3/t26-/m0/s1. The van der Waals surface area contributed by atoms with E-state index in [1.807, 2.05) is 12.1 Å². The van der Waals surface area contributed by atoms with Crippen molar-refractivity contribution in [2.45, 2.75) is 33.0 Å². The number of benzene rings is 3. The van der Waals surface area contributed by atoms with Crippen molar-refractivity contribution < 1.29 is 0 Å². The molecule has 0 aromatic heterocycles. The third-order valence-electron chi connectivity index (χ3n) is 4.69. The molecule has 3 aromatic carbocycles. The maximum atomic E-state index is 3.56. The highest BCUT2D eigenvalue weighted by Crippen LogP contribution is 2.19. The van der Waals surface area contributed by atoms with Gasteiger partial charge in [0.05, 0.1) is 6.04 Å². The van der Waals surface area contributed by atoms with E-state index in [9.17, 15) is 0 Å². The second-order valence-electron chi connectivity index (χ2n) is 7.34. The van der Waals surface area contributed by atoms with Gasteiger partial charge < -0.3 is 0 Å². The molecule has 28 heavy (non-hydrogen) atoms. The summed E-state index contributed by atoms with van der Waals surface area (Å²) >= 11 is 3.49. The van der Waals surface area contributed by atoms with Gasteiger partial charge in [-0.15, -0.1) is 0 Å². The molecular formula is C26H26BrN. The Hall–Kier alpha value is -2.34. The summed E-state index contributed by atoms with van der Waals surface area (Å²) in [5, 5.41) is 0. The summed E-state index contributed by atoms with van der Waals surface area (Å²) in [6, 6.07) is 29.7. The molecule has 0 N–H and O–H groups in total. The van der Waals surface area contributed by atoms with Gasteiger partial charge >= 0.3 is 0 Å². The Morgan fingerprint density at radius 1 is 0.750 bits per heavy atom. The first-order valence-corrected chi connectivity index (χ1v) is 10.5. The van der Waals surface area contributed by atoms with Crippen LogP contribution in [0, 0.1) is 17.8 Å². The van der Waals surface area contributed by atoms with Crippen LogP contribution >= 0.6 is 15.9 Å². The average molecular weight is 432 g/mol. The Bertz CT molecular complexity index is 864. The van der Waals surface area contributed by atoms with E-state index >= 15 is 0 Å². The lowest BCUT2D eigenvalue weighted by atomic mass is 10.0. The SMILES string of the molecule is CC(C)[C@H](C#Cc1ccc(Br)cc1)N(Cc1ccccc1)Cc1ccccc1. The van der Waals surface area contributed by atoms with Crippen molar-refractivity contribution >= 4 is 15.9 Å². The van der Waals surface area contributed by atoms with Crippen LogP contribution in [0.25, 0.3) is 0 Å². The normalized spacial score (nSPS) is 11.9. The predicted molar refractivity (Wildman–Crippen MR) is 122 cm³/mol. The highest BCUT2D eigenvalue weighted by atomic mass is 79.9. The summed E-state index contributed by atoms with van der Waals surface area (Å²) in [5.74, 6) is 7.38. The molecule has 3 rings (SSSR count). The smallest absolute Gasteiger partial charge is 0.0747 e. The van der Waals surface area contributed by atoms with Crippen molar-refractivity contribution in [3.05, 3.63) is 106 Å². The van der Waals surface area contributed by atoms with Crippen molar-refractivity contribution in [1.29, 1.82) is 0 Å². The van der Waals surface area contributed by atoms with Crippen molar-refractivity contribution in [2.24, 2.45) is 5.92 Å². The summed E-state index contributed by atoms with van der Waals surface area (Å²) in [4.78, 5) is 2.49. The molecule has 2 heteroatoms. The van der Waals surface area contributed by atoms with Gasteiger partial charge in [-0.05, 0) is 41.3 Å². The lowest BCUT2D eigenvalue weighted by Crippen LogP contribution is -2.37. The van der Waals surface area contributed by atoms with E-state index in [0.717, 1.165) is 23.1 Å². The topological polar surface area (TPSA) is 3.24 Å². The van der Waals surface area contributed by atoms with E-state index in [1.165, 1.54) is 11.1 Å². The zero-order valence-corrected chi connectivity index (χ0v) is 18.1. The molecule has 0 aliphatic rings. The molecule has 1 atom stereocenters. The van der Waals surface area contributed by atoms with Gasteiger partial charge in [-0.3, -0.25) is 4.90 Å². The molecule has 0 aliphatic heterocycles. The van der Waals surface area contributed by atoms with Crippen LogP contribution in [0.15, 0.2) is 89.4 Å². The quantitative estimate of drug-likeness (QED) is 0.401. The van der Waals surface area contributed by atoms with Gasteiger partial charge in [-0.1, -0.05) is 102 Å². The first kappa shape index (κ1) is 20.4. The van der Waals surface area contributed by atoms with Crippen LogP contribution in [0.4, 0.5) is 0 Å². The first-order chi connectivity index (χ1) is 13.6. The second kappa shape index (κ2) is 10.3. The van der Waals surface area contributed by atoms with Crippen LogP contribution in [0.5, 0.6) is 0 Å². The maximum Gasteiger partial charge on any atom is 0.0747 e. The van der Waals surface area contributed by atoms with Gasteiger partial charge in [0.25, 0.3) is 0 Å². The minimum Gasteiger partial charge on any atom is -0.281 e. The molecule has 1 nitrogen and oxygen atoms in total. The number of hydrogen-bond acceptors (Lipinski definition) is 1. The molecule has 0 radical (unpaired) electrons. The van der Waals surface area contributed by atoms with Crippen LogP contribution in [-0.4, -0.2) is 10.9 Å². The van der Waals surface area contributed by atoms with Crippen LogP contribution < -0.4 is 0 Å². The van der Waals surface area contributed by atoms with Crippen molar-refractivity contribution in [1.82, 2.24) is 4.90 Å². The molecule has 0 unspecified atom stereocenters. The minimum atomic E-state index is 0.170. The Labute approximate surface area is 177 Å². The van der Waals surface area contributed by atoms with Crippen LogP contribution in [0.3, 0.4) is 0 Å². The van der Waals surface area contributed by atoms with E-state index in [2.05, 4.69) is 119 Å². The highest BCUT2D eigenvalue weighted by molar-refractivity contribution is 9.10. The molecule has 0 spiro atoms. The Morgan fingerprint density at radius 3 is 1.71 bits per heavy atom. The van der Waals surface area contributed by atoms with Gasteiger partial charge in [0.1, 0.15) is 0 Å². The monoisotopic (exact) mass is 431 g/mol. The third-order valence-corrected chi connectivity index (χ3v) is 5.22. The fourth-order valence-electron chi connectivity index (χ4n) is 3.26. The third kappa shape index (κ3) is 6.09. The molecule has 0 aliphatic carbocycles. The molecule has 0 amide bonds. The van der Waals surface area contributed by atoms with E-state index in [0.29, 0.717) is 5.92 Å². The highest BCUT2D eigenvalue weighted by Gasteiger charge is 2.20. The Balaban J connectivity index is 1.88. The van der Waals surface area contributed by atoms with E-state index in [4.69, 9.17) is 0 Å². The molecule has 3 aromatic rings. The van der Waals surface area contributed by atoms with Crippen LogP contribution in [0.2, 0.25) is 0 Å². The largest absolute Gasteiger partial charge is 0.281 e. The van der Waals surface area contributed by atoms with Crippen molar-refractivity contribution in [3.8, 4) is 11.8 Å². The maximum absolute atomic E-state index is 3.56. The predicted octanol–water partition coefficient (Wildman–Crippen LogP) is 6.53. The number of halogens is 1. The van der Waals surface area contributed by atoms with Gasteiger partial charge in [-0.2, -0.15) is 0 Å². The Morgan fingerprint density at radius 2 is 1.25 bits per heavy atom. The van der Waals surface area contributed by atoms with Gasteiger partial charge in [0.15, 0.2) is 0 Å². The molecular weight excluding hydrogens is 406 g/mol. The second-order valence-corrected chi connectivity index (χ2v) is 8.26. The van der Waals surface area contributed by atoms with Crippen molar-refractivity contribution in [3.63, 3.8) is 0 Å². The molecule has 0 heterocycles. The van der Waals surface area contributed by atoms with E-state index in [-0.39, 0.29) is 6.04 Å². The zero-order valence-electron chi connectivity index (χ0n) is 16.5. The van der Waals surface area contributed by atoms with Crippen LogP contribution in [-0.2, 0) is 13.1 Å². The van der Waals surface area contributed by atoms with Gasteiger partial charge in [0, 0.05) is 23.1 Å². The fraction of sp³-hybridized carbons (Fsp3) is 0.231. The molecule has 0 fully saturated rings. The first-order valence-electron chi connectivity index (χ1n) is 9.71. The zero-order chi connectivity index (χ0) is 19.8. The fourth-order valence-corrected chi connectivity index (χ4v) is 3.52. The molecule has 142 valence electrons. The number of nitrogens with zero attached hydrogens (tertiary/aromatic N) is 1. The number of hydrogen-bond donors (Lipinski definition) is 0. The van der Waals surface area contributed by atoms with E-state index in [1.54, 1.807) is 0 Å². The van der Waals surface area contributed by atoms with Gasteiger partial charge in [0.2, 0.25) is 0 Å². The summed E-state index contributed by atoms with van der Waals surface area (Å²) in [6.45, 7) is 6.27. The average Bonchev–Trinajstić information content (AvgIpc) is 2.71.